The molecule has 1 heterocycles. The molecular weight excluding hydrogens is 238 g/mol. The Labute approximate surface area is 108 Å². The summed E-state index contributed by atoms with van der Waals surface area (Å²) in [6, 6.07) is 6.79. The molecule has 0 radical (unpaired) electrons. The zero-order valence-electron chi connectivity index (χ0n) is 9.94. The third kappa shape index (κ3) is 2.28. The van der Waals surface area contributed by atoms with E-state index in [9.17, 15) is 0 Å². The minimum atomic E-state index is 0. The van der Waals surface area contributed by atoms with Crippen LogP contribution >= 0.6 is 12.4 Å². The first-order valence-corrected chi connectivity index (χ1v) is 5.88. The topological polar surface area (TPSA) is 30.5 Å². The summed E-state index contributed by atoms with van der Waals surface area (Å²) in [4.78, 5) is 0. The number of methoxy groups -OCH3 is 1. The van der Waals surface area contributed by atoms with Gasteiger partial charge in [-0.1, -0.05) is 12.1 Å². The van der Waals surface area contributed by atoms with Crippen LogP contribution in [0.2, 0.25) is 0 Å². The van der Waals surface area contributed by atoms with Gasteiger partial charge in [0.25, 0.3) is 0 Å². The number of hydrogen-bond acceptors (Lipinski definition) is 3. The second-order valence-corrected chi connectivity index (χ2v) is 4.48. The Morgan fingerprint density at radius 1 is 1.35 bits per heavy atom. The van der Waals surface area contributed by atoms with E-state index in [1.165, 1.54) is 11.1 Å². The summed E-state index contributed by atoms with van der Waals surface area (Å²) in [5.74, 6) is 1.00. The number of hydrogen-bond donors (Lipinski definition) is 1. The lowest BCUT2D eigenvalue weighted by Crippen LogP contribution is -2.52. The van der Waals surface area contributed by atoms with E-state index in [2.05, 4.69) is 17.4 Å². The van der Waals surface area contributed by atoms with Crippen molar-refractivity contribution < 1.29 is 9.47 Å². The van der Waals surface area contributed by atoms with Crippen LogP contribution in [0, 0.1) is 0 Å². The van der Waals surface area contributed by atoms with Gasteiger partial charge < -0.3 is 14.8 Å². The smallest absolute Gasteiger partial charge is 0.122 e. The van der Waals surface area contributed by atoms with Crippen LogP contribution in [0.3, 0.4) is 0 Å². The highest BCUT2D eigenvalue weighted by Crippen LogP contribution is 2.31. The van der Waals surface area contributed by atoms with Crippen molar-refractivity contribution in [3.05, 3.63) is 29.3 Å². The molecule has 1 N–H and O–H groups in total. The lowest BCUT2D eigenvalue weighted by molar-refractivity contribution is -0.00773. The normalized spacial score (nSPS) is 26.4. The Bertz CT molecular complexity index is 397. The van der Waals surface area contributed by atoms with Gasteiger partial charge in [0.15, 0.2) is 0 Å². The molecule has 1 saturated heterocycles. The van der Waals surface area contributed by atoms with Gasteiger partial charge in [0, 0.05) is 19.0 Å². The highest BCUT2D eigenvalue weighted by Gasteiger charge is 2.32. The van der Waals surface area contributed by atoms with Gasteiger partial charge in [0.1, 0.15) is 5.75 Å². The van der Waals surface area contributed by atoms with Crippen LogP contribution in [0.1, 0.15) is 11.1 Å². The fourth-order valence-corrected chi connectivity index (χ4v) is 2.77. The number of fused-ring (bicyclic) bond motifs is 2. The van der Waals surface area contributed by atoms with Gasteiger partial charge in [-0.3, -0.25) is 0 Å². The van der Waals surface area contributed by atoms with E-state index in [4.69, 9.17) is 9.47 Å². The molecule has 0 amide bonds. The van der Waals surface area contributed by atoms with Gasteiger partial charge >= 0.3 is 0 Å². The fourth-order valence-electron chi connectivity index (χ4n) is 2.77. The second-order valence-electron chi connectivity index (χ2n) is 4.48. The molecule has 1 aliphatic heterocycles. The number of rotatable bonds is 1. The highest BCUT2D eigenvalue weighted by atomic mass is 35.5. The van der Waals surface area contributed by atoms with Crippen molar-refractivity contribution in [3.63, 3.8) is 0 Å². The molecule has 2 aliphatic rings. The third-order valence-corrected chi connectivity index (χ3v) is 3.58. The summed E-state index contributed by atoms with van der Waals surface area (Å²) < 4.78 is 11.2. The monoisotopic (exact) mass is 255 g/mol. The first-order valence-electron chi connectivity index (χ1n) is 5.88. The molecule has 2 atom stereocenters. The van der Waals surface area contributed by atoms with Crippen molar-refractivity contribution in [1.82, 2.24) is 5.32 Å². The lowest BCUT2D eigenvalue weighted by Gasteiger charge is -2.37. The average molecular weight is 256 g/mol. The van der Waals surface area contributed by atoms with Crippen LogP contribution in [0.4, 0.5) is 0 Å². The van der Waals surface area contributed by atoms with Crippen LogP contribution in [-0.4, -0.2) is 32.4 Å². The molecule has 1 aliphatic carbocycles. The standard InChI is InChI=1S/C13H17NO2.ClH/c1-15-12-4-2-3-9-7-11-13(8-10(9)12)16-6-5-14-11;/h2-4,11,13-14H,5-8H2,1H3;1H/t11?,13-;/m1./s1. The third-order valence-electron chi connectivity index (χ3n) is 3.58. The second kappa shape index (κ2) is 5.25. The molecule has 0 saturated carbocycles. The molecule has 0 aromatic heterocycles. The molecule has 1 unspecified atom stereocenters. The quantitative estimate of drug-likeness (QED) is 0.827. The summed E-state index contributed by atoms with van der Waals surface area (Å²) >= 11 is 0. The SMILES string of the molecule is COc1cccc2c1C[C@H]1OCCNC1C2.Cl. The number of halogens is 1. The van der Waals surface area contributed by atoms with Gasteiger partial charge in [-0.15, -0.1) is 12.4 Å². The number of nitrogens with one attached hydrogen (secondary N) is 1. The van der Waals surface area contributed by atoms with E-state index >= 15 is 0 Å². The Balaban J connectivity index is 0.00000108. The Kier molecular flexibility index (Phi) is 3.92. The van der Waals surface area contributed by atoms with E-state index < -0.39 is 0 Å². The summed E-state index contributed by atoms with van der Waals surface area (Å²) in [5.41, 5.74) is 2.73. The van der Waals surface area contributed by atoms with Gasteiger partial charge in [-0.25, -0.2) is 0 Å². The van der Waals surface area contributed by atoms with Crippen LogP contribution in [0.15, 0.2) is 18.2 Å². The molecule has 1 aromatic carbocycles. The summed E-state index contributed by atoms with van der Waals surface area (Å²) in [5, 5.41) is 3.53. The van der Waals surface area contributed by atoms with Crippen molar-refractivity contribution in [2.24, 2.45) is 0 Å². The van der Waals surface area contributed by atoms with Crippen molar-refractivity contribution in [1.29, 1.82) is 0 Å². The number of benzene rings is 1. The van der Waals surface area contributed by atoms with Crippen molar-refractivity contribution in [2.45, 2.75) is 25.0 Å². The van der Waals surface area contributed by atoms with E-state index in [1.54, 1.807) is 7.11 Å². The summed E-state index contributed by atoms with van der Waals surface area (Å²) in [6.45, 7) is 1.80. The van der Waals surface area contributed by atoms with Crippen molar-refractivity contribution in [3.8, 4) is 5.75 Å². The molecule has 94 valence electrons. The van der Waals surface area contributed by atoms with Crippen LogP contribution < -0.4 is 10.1 Å². The van der Waals surface area contributed by atoms with E-state index in [0.717, 1.165) is 31.7 Å². The average Bonchev–Trinajstić information content (AvgIpc) is 2.35. The highest BCUT2D eigenvalue weighted by molar-refractivity contribution is 5.85. The molecule has 17 heavy (non-hydrogen) atoms. The molecule has 3 rings (SSSR count). The van der Waals surface area contributed by atoms with Gasteiger partial charge in [0.05, 0.1) is 19.8 Å². The molecule has 1 fully saturated rings. The van der Waals surface area contributed by atoms with Crippen molar-refractivity contribution >= 4 is 12.4 Å². The number of morpholine rings is 1. The van der Waals surface area contributed by atoms with E-state index in [1.807, 2.05) is 6.07 Å². The zero-order valence-corrected chi connectivity index (χ0v) is 10.8. The van der Waals surface area contributed by atoms with Crippen molar-refractivity contribution in [2.75, 3.05) is 20.3 Å². The summed E-state index contributed by atoms with van der Waals surface area (Å²) in [6.07, 6.45) is 2.34. The minimum absolute atomic E-state index is 0. The predicted molar refractivity (Wildman–Crippen MR) is 69.2 cm³/mol. The van der Waals surface area contributed by atoms with Gasteiger partial charge in [-0.05, 0) is 23.6 Å². The fraction of sp³-hybridized carbons (Fsp3) is 0.538. The van der Waals surface area contributed by atoms with Crippen LogP contribution in [-0.2, 0) is 17.6 Å². The first-order chi connectivity index (χ1) is 7.88. The molecular formula is C13H18ClNO2. The maximum Gasteiger partial charge on any atom is 0.122 e. The first kappa shape index (κ1) is 12.7. The van der Waals surface area contributed by atoms with Gasteiger partial charge in [0.2, 0.25) is 0 Å². The maximum absolute atomic E-state index is 5.82. The molecule has 4 heteroatoms. The molecule has 3 nitrogen and oxygen atoms in total. The molecule has 1 aromatic rings. The Morgan fingerprint density at radius 3 is 3.06 bits per heavy atom. The van der Waals surface area contributed by atoms with Gasteiger partial charge in [-0.2, -0.15) is 0 Å². The Hall–Kier alpha value is -0.770. The lowest BCUT2D eigenvalue weighted by atomic mass is 9.85. The predicted octanol–water partition coefficient (Wildman–Crippen LogP) is 1.57. The van der Waals surface area contributed by atoms with Crippen LogP contribution in [0.25, 0.3) is 0 Å². The molecule has 0 bridgehead atoms. The summed E-state index contributed by atoms with van der Waals surface area (Å²) in [7, 11) is 1.74. The van der Waals surface area contributed by atoms with E-state index in [-0.39, 0.29) is 12.4 Å². The molecule has 0 spiro atoms. The van der Waals surface area contributed by atoms with E-state index in [0.29, 0.717) is 12.1 Å². The largest absolute Gasteiger partial charge is 0.496 e. The zero-order chi connectivity index (χ0) is 11.0. The van der Waals surface area contributed by atoms with Crippen LogP contribution in [0.5, 0.6) is 5.75 Å². The number of ether oxygens (including phenoxy) is 2. The maximum atomic E-state index is 5.82. The Morgan fingerprint density at radius 2 is 2.24 bits per heavy atom. The minimum Gasteiger partial charge on any atom is -0.496 e.